The minimum Gasteiger partial charge on any atom is -0.449 e. The van der Waals surface area contributed by atoms with E-state index in [9.17, 15) is 18.0 Å². The Hall–Kier alpha value is -2.53. The third kappa shape index (κ3) is 4.23. The zero-order valence-electron chi connectivity index (χ0n) is 11.2. The van der Waals surface area contributed by atoms with E-state index in [1.807, 2.05) is 5.32 Å². The van der Waals surface area contributed by atoms with Gasteiger partial charge in [0.15, 0.2) is 5.70 Å². The second-order valence-electron chi connectivity index (χ2n) is 3.80. The van der Waals surface area contributed by atoms with Crippen LogP contribution in [-0.4, -0.2) is 25.8 Å². The summed E-state index contributed by atoms with van der Waals surface area (Å²) in [6.07, 6.45) is -4.94. The van der Waals surface area contributed by atoms with Crippen molar-refractivity contribution in [1.82, 2.24) is 5.32 Å². The molecule has 0 saturated heterocycles. The number of carbonyl (C=O) groups excluding carboxylic acids is 1. The first-order valence-corrected chi connectivity index (χ1v) is 5.99. The molecule has 0 spiro atoms. The predicted molar refractivity (Wildman–Crippen MR) is 73.5 cm³/mol. The number of nitrogens with one attached hydrogen (secondary N) is 1. The van der Waals surface area contributed by atoms with Gasteiger partial charge in [0, 0.05) is 12.1 Å². The number of allylic oxidation sites excluding steroid dienone is 1. The number of hydrogen-bond donors (Lipinski definition) is 1. The third-order valence-electron chi connectivity index (χ3n) is 2.30. The molecule has 0 aliphatic carbocycles. The summed E-state index contributed by atoms with van der Waals surface area (Å²) in [5.41, 5.74) is -1.54. The Labute approximate surface area is 128 Å². The molecule has 22 heavy (non-hydrogen) atoms. The molecule has 0 bridgehead atoms. The Bertz CT molecular complexity index is 678. The van der Waals surface area contributed by atoms with E-state index >= 15 is 0 Å². The summed E-state index contributed by atoms with van der Waals surface area (Å²) in [5, 5.41) is 10.9. The van der Waals surface area contributed by atoms with Crippen LogP contribution in [0.25, 0.3) is 0 Å². The van der Waals surface area contributed by atoms with Gasteiger partial charge in [0.2, 0.25) is 5.76 Å². The highest BCUT2D eigenvalue weighted by atomic mass is 35.5. The van der Waals surface area contributed by atoms with Crippen LogP contribution in [-0.2, 0) is 4.79 Å². The lowest BCUT2D eigenvalue weighted by molar-refractivity contribution is -0.121. The van der Waals surface area contributed by atoms with E-state index in [-0.39, 0.29) is 16.3 Å². The Kier molecular flexibility index (Phi) is 5.54. The number of halogens is 4. The molecule has 1 rings (SSSR count). The molecule has 0 aliphatic rings. The third-order valence-corrected chi connectivity index (χ3v) is 2.51. The number of benzene rings is 1. The standard InChI is InChI=1S/C13H9ClF3N3O2/c1-19-11(13(15,16)17)10(12(21)20-2)22-9-4-7(6-18)3-8(14)5-9/h3-5H,1H2,2H3,(H,20,21)/b11-10+. The van der Waals surface area contributed by atoms with Crippen LogP contribution in [0, 0.1) is 11.3 Å². The summed E-state index contributed by atoms with van der Waals surface area (Å²) in [6.45, 7) is 2.79. The molecule has 116 valence electrons. The lowest BCUT2D eigenvalue weighted by Gasteiger charge is -2.14. The van der Waals surface area contributed by atoms with Gasteiger partial charge < -0.3 is 10.1 Å². The van der Waals surface area contributed by atoms with E-state index in [0.29, 0.717) is 0 Å². The molecule has 0 fully saturated rings. The molecule has 1 aromatic rings. The van der Waals surface area contributed by atoms with Gasteiger partial charge in [-0.3, -0.25) is 9.79 Å². The number of amides is 1. The number of aliphatic imine (C=N–C) groups is 1. The summed E-state index contributed by atoms with van der Waals surface area (Å²) in [7, 11) is 1.13. The summed E-state index contributed by atoms with van der Waals surface area (Å²) in [6, 6.07) is 5.33. The fraction of sp³-hybridized carbons (Fsp3) is 0.154. The first kappa shape index (κ1) is 17.5. The van der Waals surface area contributed by atoms with E-state index in [1.54, 1.807) is 6.07 Å². The lowest BCUT2D eigenvalue weighted by Crippen LogP contribution is -2.28. The number of carbonyl (C=O) groups is 1. The zero-order chi connectivity index (χ0) is 16.9. The molecule has 0 saturated carbocycles. The molecule has 1 aromatic carbocycles. The van der Waals surface area contributed by atoms with Gasteiger partial charge >= 0.3 is 6.18 Å². The van der Waals surface area contributed by atoms with Gasteiger partial charge in [-0.25, -0.2) is 0 Å². The summed E-state index contributed by atoms with van der Waals surface area (Å²) < 4.78 is 43.5. The largest absolute Gasteiger partial charge is 0.449 e. The van der Waals surface area contributed by atoms with Crippen LogP contribution in [0.1, 0.15) is 5.56 Å². The van der Waals surface area contributed by atoms with E-state index < -0.39 is 23.5 Å². The first-order chi connectivity index (χ1) is 10.2. The molecule has 0 radical (unpaired) electrons. The van der Waals surface area contributed by atoms with Crippen molar-refractivity contribution in [2.75, 3.05) is 7.05 Å². The monoisotopic (exact) mass is 331 g/mol. The van der Waals surface area contributed by atoms with Crippen LogP contribution in [0.15, 0.2) is 34.6 Å². The normalized spacial score (nSPS) is 12.0. The number of likely N-dealkylation sites (N-methyl/N-ethyl adjacent to an activating group) is 1. The second-order valence-corrected chi connectivity index (χ2v) is 4.24. The highest BCUT2D eigenvalue weighted by Crippen LogP contribution is 2.31. The number of ether oxygens (including phenoxy) is 1. The van der Waals surface area contributed by atoms with E-state index in [2.05, 4.69) is 11.7 Å². The van der Waals surface area contributed by atoms with Crippen molar-refractivity contribution in [3.05, 3.63) is 40.2 Å². The topological polar surface area (TPSA) is 74.5 Å². The Balaban J connectivity index is 3.41. The predicted octanol–water partition coefficient (Wildman–Crippen LogP) is 2.81. The summed E-state index contributed by atoms with van der Waals surface area (Å²) in [4.78, 5) is 14.4. The highest BCUT2D eigenvalue weighted by molar-refractivity contribution is 6.30. The van der Waals surface area contributed by atoms with E-state index in [4.69, 9.17) is 21.6 Å². The van der Waals surface area contributed by atoms with Gasteiger partial charge in [-0.15, -0.1) is 0 Å². The average molecular weight is 332 g/mol. The molecular weight excluding hydrogens is 323 g/mol. The minimum atomic E-state index is -4.94. The van der Waals surface area contributed by atoms with Crippen LogP contribution in [0.5, 0.6) is 5.75 Å². The van der Waals surface area contributed by atoms with Crippen molar-refractivity contribution >= 4 is 24.2 Å². The molecule has 0 atom stereocenters. The molecule has 1 amide bonds. The van der Waals surface area contributed by atoms with Gasteiger partial charge in [0.25, 0.3) is 5.91 Å². The average Bonchev–Trinajstić information content (AvgIpc) is 2.44. The van der Waals surface area contributed by atoms with Crippen LogP contribution in [0.3, 0.4) is 0 Å². The Morgan fingerprint density at radius 3 is 2.55 bits per heavy atom. The number of rotatable bonds is 4. The summed E-state index contributed by atoms with van der Waals surface area (Å²) >= 11 is 5.72. The second kappa shape index (κ2) is 6.95. The maximum absolute atomic E-state index is 12.9. The number of nitriles is 1. The first-order valence-electron chi connectivity index (χ1n) is 5.61. The molecule has 9 heteroatoms. The van der Waals surface area contributed by atoms with Gasteiger partial charge in [-0.1, -0.05) is 11.6 Å². The number of alkyl halides is 3. The highest BCUT2D eigenvalue weighted by Gasteiger charge is 2.39. The Morgan fingerprint density at radius 2 is 2.09 bits per heavy atom. The van der Waals surface area contributed by atoms with Crippen molar-refractivity contribution in [3.8, 4) is 11.8 Å². The maximum Gasteiger partial charge on any atom is 0.437 e. The fourth-order valence-electron chi connectivity index (χ4n) is 1.41. The lowest BCUT2D eigenvalue weighted by atomic mass is 10.2. The summed E-state index contributed by atoms with van der Waals surface area (Å²) in [5.74, 6) is -2.47. The van der Waals surface area contributed by atoms with Crippen LogP contribution in [0.2, 0.25) is 5.02 Å². The van der Waals surface area contributed by atoms with Crippen molar-refractivity contribution < 1.29 is 22.7 Å². The molecule has 0 aliphatic heterocycles. The number of nitrogens with zero attached hydrogens (tertiary/aromatic N) is 2. The zero-order valence-corrected chi connectivity index (χ0v) is 11.9. The molecule has 0 aromatic heterocycles. The minimum absolute atomic E-state index is 0.0545. The van der Waals surface area contributed by atoms with Crippen LogP contribution < -0.4 is 10.1 Å². The molecule has 0 heterocycles. The smallest absolute Gasteiger partial charge is 0.437 e. The molecule has 5 nitrogen and oxygen atoms in total. The van der Waals surface area contributed by atoms with Crippen molar-refractivity contribution in [3.63, 3.8) is 0 Å². The van der Waals surface area contributed by atoms with Crippen LogP contribution >= 0.6 is 11.6 Å². The molecular formula is C13H9ClF3N3O2. The van der Waals surface area contributed by atoms with Gasteiger partial charge in [0.05, 0.1) is 11.6 Å². The maximum atomic E-state index is 12.9. The molecule has 1 N–H and O–H groups in total. The van der Waals surface area contributed by atoms with Gasteiger partial charge in [-0.2, -0.15) is 18.4 Å². The van der Waals surface area contributed by atoms with Crippen LogP contribution in [0.4, 0.5) is 13.2 Å². The quantitative estimate of drug-likeness (QED) is 0.523. The van der Waals surface area contributed by atoms with Crippen molar-refractivity contribution in [1.29, 1.82) is 5.26 Å². The number of hydrogen-bond acceptors (Lipinski definition) is 4. The van der Waals surface area contributed by atoms with Crippen molar-refractivity contribution in [2.45, 2.75) is 6.18 Å². The van der Waals surface area contributed by atoms with Gasteiger partial charge in [-0.05, 0) is 24.9 Å². The fourth-order valence-corrected chi connectivity index (χ4v) is 1.64. The molecule has 0 unspecified atom stereocenters. The van der Waals surface area contributed by atoms with Crippen molar-refractivity contribution in [2.24, 2.45) is 4.99 Å². The Morgan fingerprint density at radius 1 is 1.45 bits per heavy atom. The van der Waals surface area contributed by atoms with E-state index in [1.165, 1.54) is 6.07 Å². The SMILES string of the molecule is C=N/C(=C(/Oc1cc(Cl)cc(C#N)c1)C(=O)NC)C(F)(F)F. The van der Waals surface area contributed by atoms with E-state index in [0.717, 1.165) is 19.2 Å². The van der Waals surface area contributed by atoms with Gasteiger partial charge in [0.1, 0.15) is 5.75 Å².